The molecule has 0 spiro atoms. The lowest BCUT2D eigenvalue weighted by molar-refractivity contribution is -0.144. The lowest BCUT2D eigenvalue weighted by atomic mass is 9.71. The van der Waals surface area contributed by atoms with Crippen molar-refractivity contribution in [2.75, 3.05) is 141 Å². The second kappa shape index (κ2) is 54.7. The SMILES string of the molecule is C=CC(=O)OC.COC(=O)CCC1(CCC(=O)OC)c2cc(Br)ccc2-c2ccc(Br)cc21.COC(=O)CCN(CCNC(=O)CCC1(CCC(=O)NCCN(CCC(=O)OC)CCC(=O)OC)c2cc(Br)ccc2-c2ccc(Br)cc21)CCC(=O)OC.NCCN.NCCNC(=O)CCC1(CCC(=O)OCCN)c2cc(Br)ccc2-c2ccc(Br)cc21. The number of carbonyl (C=O) groups excluding carboxylic acids is 11. The topological polar surface area (TPSA) is 408 Å². The molecule has 9 rings (SSSR count). The molecule has 34 heteroatoms. The summed E-state index contributed by atoms with van der Waals surface area (Å²) in [6, 6.07) is 37.0. The molecule has 0 radical (unpaired) electrons. The Morgan fingerprint density at radius 2 is 0.553 bits per heavy atom. The van der Waals surface area contributed by atoms with Gasteiger partial charge >= 0.3 is 47.8 Å². The first-order chi connectivity index (χ1) is 58.9. The Morgan fingerprint density at radius 1 is 0.317 bits per heavy atom. The molecule has 0 saturated carbocycles. The van der Waals surface area contributed by atoms with Crippen molar-refractivity contribution < 1.29 is 90.6 Å². The van der Waals surface area contributed by atoms with E-state index in [0.717, 1.165) is 99.7 Å². The van der Waals surface area contributed by atoms with Crippen molar-refractivity contribution in [1.29, 1.82) is 0 Å². The number of nitrogens with one attached hydrogen (secondary N) is 3. The molecule has 28 nitrogen and oxygen atoms in total. The number of ether oxygens (including phenoxy) is 8. The van der Waals surface area contributed by atoms with E-state index in [1.54, 1.807) is 0 Å². The molecule has 3 aliphatic carbocycles. The number of hydrogen-bond donors (Lipinski definition) is 7. The van der Waals surface area contributed by atoms with Crippen molar-refractivity contribution in [3.8, 4) is 33.4 Å². The van der Waals surface area contributed by atoms with Gasteiger partial charge in [0.1, 0.15) is 6.61 Å². The molecule has 3 amide bonds. The molecular formula is C89H113Br6N9O19. The Balaban J connectivity index is 0.000000332. The van der Waals surface area contributed by atoms with Gasteiger partial charge in [0.2, 0.25) is 17.7 Å². The van der Waals surface area contributed by atoms with Crippen LogP contribution in [-0.2, 0) is 107 Å². The first kappa shape index (κ1) is 105. The highest BCUT2D eigenvalue weighted by Crippen LogP contribution is 2.58. The van der Waals surface area contributed by atoms with Crippen molar-refractivity contribution in [2.24, 2.45) is 22.9 Å². The van der Waals surface area contributed by atoms with Crippen molar-refractivity contribution in [2.45, 2.75) is 119 Å². The molecule has 6 aromatic rings. The van der Waals surface area contributed by atoms with E-state index in [4.69, 9.17) is 56.1 Å². The summed E-state index contributed by atoms with van der Waals surface area (Å²) in [7, 11) is 9.38. The van der Waals surface area contributed by atoms with Gasteiger partial charge in [-0.05, 0) is 178 Å². The number of halogens is 6. The summed E-state index contributed by atoms with van der Waals surface area (Å²) in [5.41, 5.74) is 32.3. The highest BCUT2D eigenvalue weighted by molar-refractivity contribution is 9.11. The van der Waals surface area contributed by atoms with E-state index < -0.39 is 22.2 Å². The zero-order chi connectivity index (χ0) is 90.8. The predicted molar refractivity (Wildman–Crippen MR) is 491 cm³/mol. The number of nitrogens with two attached hydrogens (primary N) is 4. The standard InChI is InChI=1S/C39H52Br2N4O10.C23H27Br2N3O3.C21H20Br2O4.C4H6O2.C2H8N2/c1-52-35(48)11-19-44(20-12-36(49)53-2)23-17-42-33(46)9-15-39(31-25-27(40)5-7-29(31)30-8-6-28(41)26-32(30)39)16-10-34(47)43-18-24-45(21-13-37(50)54-3)22-14-38(51)55-4;24-15-1-3-17-18-4-2-16(25)14-20(18)23(19(17)13-15,7-5-21(29)28-11-9-26)8-6-22(30)31-12-10-27;1-26-19(24)7-9-21(10-8-20(25)27-2)17-11-13(22)3-5-15(17)16-6-4-14(23)12-18(16)21;1-3-4(5)6-2;3-1-2-4/h5-8,25-26H,9-24H2,1-4H3,(H,42,46)(H,43,47);1-4,13-14H,5-12,26-27H2,(H,28,29);3-6,11-12H,7-10H2,1-2H3;3H,1H2,2H3;1-4H2. The van der Waals surface area contributed by atoms with Gasteiger partial charge in [0.15, 0.2) is 0 Å². The maximum atomic E-state index is 13.4. The summed E-state index contributed by atoms with van der Waals surface area (Å²) in [6.45, 7) is 8.58. The number of benzene rings is 6. The molecule has 0 unspecified atom stereocenters. The summed E-state index contributed by atoms with van der Waals surface area (Å²) in [6.07, 6.45) is 6.26. The van der Waals surface area contributed by atoms with E-state index in [1.807, 2.05) is 46.2 Å². The Bertz CT molecular complexity index is 4280. The molecule has 11 N–H and O–H groups in total. The third kappa shape index (κ3) is 32.0. The lowest BCUT2D eigenvalue weighted by Crippen LogP contribution is -2.38. The zero-order valence-electron chi connectivity index (χ0n) is 70.6. The summed E-state index contributed by atoms with van der Waals surface area (Å²) in [5, 5.41) is 8.85. The normalized spacial score (nSPS) is 12.5. The fourth-order valence-electron chi connectivity index (χ4n) is 15.0. The number of hydrogen-bond acceptors (Lipinski definition) is 25. The van der Waals surface area contributed by atoms with Crippen molar-refractivity contribution >= 4 is 161 Å². The third-order valence-electron chi connectivity index (χ3n) is 21.2. The molecule has 0 aliphatic heterocycles. The van der Waals surface area contributed by atoms with Gasteiger partial charge in [-0.3, -0.25) is 47.9 Å². The molecule has 0 aromatic heterocycles. The first-order valence-corrected chi connectivity index (χ1v) is 44.8. The molecule has 0 fully saturated rings. The second-order valence-electron chi connectivity index (χ2n) is 28.7. The molecule has 0 saturated heterocycles. The van der Waals surface area contributed by atoms with Gasteiger partial charge < -0.3 is 86.6 Å². The Hall–Kier alpha value is -8.13. The van der Waals surface area contributed by atoms with Crippen LogP contribution in [0.5, 0.6) is 0 Å². The van der Waals surface area contributed by atoms with Crippen LogP contribution < -0.4 is 38.9 Å². The Labute approximate surface area is 770 Å². The fraction of sp³-hybridized carbons (Fsp3) is 0.449. The van der Waals surface area contributed by atoms with Crippen LogP contribution in [0.15, 0.2) is 149 Å². The van der Waals surface area contributed by atoms with Crippen LogP contribution in [0.1, 0.15) is 136 Å². The van der Waals surface area contributed by atoms with Crippen molar-refractivity contribution in [3.63, 3.8) is 0 Å². The number of nitrogens with zero attached hydrogens (tertiary/aromatic N) is 2. The maximum Gasteiger partial charge on any atom is 0.329 e. The minimum absolute atomic E-state index is 0.0458. The highest BCUT2D eigenvalue weighted by atomic mass is 79.9. The summed E-state index contributed by atoms with van der Waals surface area (Å²) < 4.78 is 43.8. The fourth-order valence-corrected chi connectivity index (χ4v) is 17.2. The van der Waals surface area contributed by atoms with Crippen LogP contribution in [0.4, 0.5) is 0 Å². The highest BCUT2D eigenvalue weighted by Gasteiger charge is 2.47. The van der Waals surface area contributed by atoms with Crippen LogP contribution in [0.3, 0.4) is 0 Å². The molecule has 0 bridgehead atoms. The molecule has 670 valence electrons. The number of fused-ring (bicyclic) bond motifs is 9. The predicted octanol–water partition coefficient (Wildman–Crippen LogP) is 12.4. The lowest BCUT2D eigenvalue weighted by Gasteiger charge is -2.32. The molecular weight excluding hydrogens is 1980 g/mol. The number of esters is 8. The average molecular weight is 2090 g/mol. The minimum Gasteiger partial charge on any atom is -0.469 e. The largest absolute Gasteiger partial charge is 0.469 e. The van der Waals surface area contributed by atoms with Crippen molar-refractivity contribution in [1.82, 2.24) is 25.8 Å². The third-order valence-corrected chi connectivity index (χ3v) is 24.2. The number of methoxy groups -OCH3 is 7. The average Bonchev–Trinajstić information content (AvgIpc) is 1.58. The quantitative estimate of drug-likeness (QED) is 0.0106. The van der Waals surface area contributed by atoms with E-state index in [-0.39, 0.29) is 124 Å². The van der Waals surface area contributed by atoms with E-state index in [2.05, 4.69) is 196 Å². The van der Waals surface area contributed by atoms with Gasteiger partial charge in [-0.25, -0.2) is 4.79 Å². The van der Waals surface area contributed by atoms with Gasteiger partial charge in [-0.2, -0.15) is 0 Å². The number of rotatable bonds is 42. The maximum absolute atomic E-state index is 13.4. The van der Waals surface area contributed by atoms with Gasteiger partial charge in [-0.15, -0.1) is 0 Å². The first-order valence-electron chi connectivity index (χ1n) is 40.0. The summed E-state index contributed by atoms with van der Waals surface area (Å²) in [5.74, 6) is -3.02. The number of carbonyl (C=O) groups is 11. The van der Waals surface area contributed by atoms with E-state index in [1.165, 1.54) is 49.8 Å². The van der Waals surface area contributed by atoms with Gasteiger partial charge in [0, 0.05) is 173 Å². The smallest absolute Gasteiger partial charge is 0.329 e. The zero-order valence-corrected chi connectivity index (χ0v) is 80.1. The molecule has 6 aromatic carbocycles. The molecule has 0 heterocycles. The molecule has 123 heavy (non-hydrogen) atoms. The molecule has 0 atom stereocenters. The van der Waals surface area contributed by atoms with Gasteiger partial charge in [0.25, 0.3) is 0 Å². The summed E-state index contributed by atoms with van der Waals surface area (Å²) in [4.78, 5) is 136. The number of amides is 3. The Morgan fingerprint density at radius 3 is 0.764 bits per heavy atom. The van der Waals surface area contributed by atoms with Crippen LogP contribution >= 0.6 is 95.6 Å². The van der Waals surface area contributed by atoms with Gasteiger partial charge in [-0.1, -0.05) is 139 Å². The van der Waals surface area contributed by atoms with Crippen LogP contribution in [-0.4, -0.2) is 217 Å². The monoisotopic (exact) mass is 2090 g/mol. The van der Waals surface area contributed by atoms with Gasteiger partial charge in [0.05, 0.1) is 75.5 Å². The second-order valence-corrected chi connectivity index (χ2v) is 34.2. The van der Waals surface area contributed by atoms with Crippen LogP contribution in [0.25, 0.3) is 33.4 Å². The Kier molecular flexibility index (Phi) is 46.9. The van der Waals surface area contributed by atoms with Crippen LogP contribution in [0.2, 0.25) is 0 Å². The van der Waals surface area contributed by atoms with E-state index in [0.29, 0.717) is 130 Å². The van der Waals surface area contributed by atoms with E-state index >= 15 is 0 Å². The van der Waals surface area contributed by atoms with Crippen LogP contribution in [0, 0.1) is 0 Å². The van der Waals surface area contributed by atoms with Crippen molar-refractivity contribution in [3.05, 3.63) is 182 Å². The summed E-state index contributed by atoms with van der Waals surface area (Å²) >= 11 is 21.6. The van der Waals surface area contributed by atoms with E-state index in [9.17, 15) is 52.7 Å². The molecule has 3 aliphatic rings. The minimum atomic E-state index is -0.660.